The molecule has 3 aromatic rings. The third kappa shape index (κ3) is 1.70. The lowest BCUT2D eigenvalue weighted by atomic mass is 10.2. The second-order valence-corrected chi connectivity index (χ2v) is 4.03. The number of nitrogen functional groups attached to an aromatic ring is 1. The number of aromatic nitrogens is 3. The molecule has 3 rings (SSSR count). The highest BCUT2D eigenvalue weighted by molar-refractivity contribution is 5.89. The third-order valence-corrected chi connectivity index (χ3v) is 2.84. The van der Waals surface area contributed by atoms with E-state index < -0.39 is 11.2 Å². The van der Waals surface area contributed by atoms with Crippen molar-refractivity contribution in [2.45, 2.75) is 0 Å². The molecule has 2 heterocycles. The topological polar surface area (TPSA) is 93.8 Å². The molecule has 2 aromatic heterocycles. The average molecular weight is 254 g/mol. The first kappa shape index (κ1) is 11.2. The molecule has 0 bridgehead atoms. The van der Waals surface area contributed by atoms with Crippen molar-refractivity contribution in [3.8, 4) is 5.82 Å². The van der Waals surface area contributed by atoms with Crippen LogP contribution in [0.1, 0.15) is 0 Å². The standard InChI is InChI=1S/C13H10N4O2/c14-8-4-3-5-9-11(8)12(18)17(13(19)16-9)10-6-1-2-7-15-10/h1-7H,14H2,(H,16,19). The van der Waals surface area contributed by atoms with Crippen molar-refractivity contribution in [2.24, 2.45) is 0 Å². The van der Waals surface area contributed by atoms with Gasteiger partial charge in [-0.3, -0.25) is 4.79 Å². The molecule has 0 atom stereocenters. The van der Waals surface area contributed by atoms with Crippen LogP contribution in [0.25, 0.3) is 16.7 Å². The number of hydrogen-bond acceptors (Lipinski definition) is 4. The quantitative estimate of drug-likeness (QED) is 0.624. The van der Waals surface area contributed by atoms with Crippen LogP contribution in [0.3, 0.4) is 0 Å². The Morgan fingerprint density at radius 2 is 1.95 bits per heavy atom. The number of pyridine rings is 1. The van der Waals surface area contributed by atoms with Gasteiger partial charge in [0.05, 0.1) is 10.9 Å². The molecule has 19 heavy (non-hydrogen) atoms. The van der Waals surface area contributed by atoms with Crippen LogP contribution >= 0.6 is 0 Å². The molecular formula is C13H10N4O2. The van der Waals surface area contributed by atoms with E-state index in [0.29, 0.717) is 11.2 Å². The molecule has 0 aliphatic carbocycles. The summed E-state index contributed by atoms with van der Waals surface area (Å²) < 4.78 is 0.971. The van der Waals surface area contributed by atoms with Gasteiger partial charge in [0.25, 0.3) is 5.56 Å². The fourth-order valence-electron chi connectivity index (χ4n) is 1.98. The summed E-state index contributed by atoms with van der Waals surface area (Å²) in [5.74, 6) is 0.263. The Labute approximate surface area is 107 Å². The predicted molar refractivity (Wildman–Crippen MR) is 72.4 cm³/mol. The first-order valence-corrected chi connectivity index (χ1v) is 5.63. The number of H-pyrrole nitrogens is 1. The Hall–Kier alpha value is -2.89. The maximum Gasteiger partial charge on any atom is 0.334 e. The highest BCUT2D eigenvalue weighted by Crippen LogP contribution is 2.13. The zero-order chi connectivity index (χ0) is 13.4. The Morgan fingerprint density at radius 3 is 2.68 bits per heavy atom. The summed E-state index contributed by atoms with van der Waals surface area (Å²) in [6, 6.07) is 9.92. The number of nitrogens with zero attached hydrogens (tertiary/aromatic N) is 2. The Morgan fingerprint density at radius 1 is 1.11 bits per heavy atom. The van der Waals surface area contributed by atoms with Crippen LogP contribution in [0.5, 0.6) is 0 Å². The van der Waals surface area contributed by atoms with Crippen molar-refractivity contribution >= 4 is 16.6 Å². The van der Waals surface area contributed by atoms with Gasteiger partial charge in [-0.15, -0.1) is 0 Å². The molecule has 94 valence electrons. The SMILES string of the molecule is Nc1cccc2[nH]c(=O)n(-c3ccccn3)c(=O)c12. The van der Waals surface area contributed by atoms with E-state index >= 15 is 0 Å². The lowest BCUT2D eigenvalue weighted by molar-refractivity contribution is 0.869. The van der Waals surface area contributed by atoms with Gasteiger partial charge >= 0.3 is 5.69 Å². The maximum absolute atomic E-state index is 12.4. The molecule has 0 unspecified atom stereocenters. The summed E-state index contributed by atoms with van der Waals surface area (Å²) in [4.78, 5) is 31.0. The fraction of sp³-hybridized carbons (Fsp3) is 0. The first-order chi connectivity index (χ1) is 9.18. The number of nitrogens with two attached hydrogens (primary N) is 1. The summed E-state index contributed by atoms with van der Waals surface area (Å²) >= 11 is 0. The molecule has 0 radical (unpaired) electrons. The van der Waals surface area contributed by atoms with Gasteiger partial charge in [-0.2, -0.15) is 0 Å². The summed E-state index contributed by atoms with van der Waals surface area (Å²) in [5.41, 5.74) is 5.52. The lowest BCUT2D eigenvalue weighted by Crippen LogP contribution is -2.34. The van der Waals surface area contributed by atoms with Crippen LogP contribution in [-0.2, 0) is 0 Å². The zero-order valence-electron chi connectivity index (χ0n) is 9.83. The summed E-state index contributed by atoms with van der Waals surface area (Å²) in [7, 11) is 0. The van der Waals surface area contributed by atoms with Gasteiger partial charge in [-0.1, -0.05) is 12.1 Å². The smallest absolute Gasteiger partial charge is 0.334 e. The number of aromatic amines is 1. The van der Waals surface area contributed by atoms with Gasteiger partial charge in [0, 0.05) is 11.9 Å². The minimum atomic E-state index is -0.540. The van der Waals surface area contributed by atoms with E-state index in [4.69, 9.17) is 5.73 Å². The molecule has 6 heteroatoms. The van der Waals surface area contributed by atoms with Crippen LogP contribution in [0, 0.1) is 0 Å². The fourth-order valence-corrected chi connectivity index (χ4v) is 1.98. The van der Waals surface area contributed by atoms with Crippen LogP contribution in [-0.4, -0.2) is 14.5 Å². The third-order valence-electron chi connectivity index (χ3n) is 2.84. The van der Waals surface area contributed by atoms with Gasteiger partial charge in [0.15, 0.2) is 0 Å². The van der Waals surface area contributed by atoms with Gasteiger partial charge in [0.1, 0.15) is 5.82 Å². The normalized spacial score (nSPS) is 10.7. The van der Waals surface area contributed by atoms with Crippen molar-refractivity contribution in [2.75, 3.05) is 5.73 Å². The maximum atomic E-state index is 12.4. The summed E-state index contributed by atoms with van der Waals surface area (Å²) in [6.07, 6.45) is 1.51. The van der Waals surface area contributed by atoms with Crippen LogP contribution in [0.4, 0.5) is 5.69 Å². The van der Waals surface area contributed by atoms with E-state index in [0.717, 1.165) is 4.57 Å². The van der Waals surface area contributed by atoms with Gasteiger partial charge in [0.2, 0.25) is 0 Å². The van der Waals surface area contributed by atoms with E-state index in [1.165, 1.54) is 6.20 Å². The lowest BCUT2D eigenvalue weighted by Gasteiger charge is -2.06. The summed E-state index contributed by atoms with van der Waals surface area (Å²) in [6.45, 7) is 0. The Kier molecular flexibility index (Phi) is 2.42. The number of nitrogens with one attached hydrogen (secondary N) is 1. The Balaban J connectivity index is 2.49. The number of benzene rings is 1. The van der Waals surface area contributed by atoms with E-state index in [9.17, 15) is 9.59 Å². The van der Waals surface area contributed by atoms with E-state index in [1.807, 2.05) is 0 Å². The number of fused-ring (bicyclic) bond motifs is 1. The molecule has 0 fully saturated rings. The van der Waals surface area contributed by atoms with Crippen molar-refractivity contribution < 1.29 is 0 Å². The minimum Gasteiger partial charge on any atom is -0.398 e. The number of anilines is 1. The summed E-state index contributed by atoms with van der Waals surface area (Å²) in [5, 5.41) is 0.285. The highest BCUT2D eigenvalue weighted by atomic mass is 16.2. The average Bonchev–Trinajstić information content (AvgIpc) is 2.39. The molecule has 0 saturated heterocycles. The molecule has 0 aliphatic heterocycles. The highest BCUT2D eigenvalue weighted by Gasteiger charge is 2.11. The number of rotatable bonds is 1. The molecule has 0 spiro atoms. The van der Waals surface area contributed by atoms with Gasteiger partial charge < -0.3 is 10.7 Å². The van der Waals surface area contributed by atoms with Crippen LogP contribution in [0.15, 0.2) is 52.2 Å². The largest absolute Gasteiger partial charge is 0.398 e. The second-order valence-electron chi connectivity index (χ2n) is 4.03. The first-order valence-electron chi connectivity index (χ1n) is 5.63. The van der Waals surface area contributed by atoms with E-state index in [1.54, 1.807) is 36.4 Å². The molecule has 0 saturated carbocycles. The molecule has 6 nitrogen and oxygen atoms in total. The van der Waals surface area contributed by atoms with Crippen molar-refractivity contribution in [1.29, 1.82) is 0 Å². The van der Waals surface area contributed by atoms with E-state index in [2.05, 4.69) is 9.97 Å². The molecule has 1 aromatic carbocycles. The van der Waals surface area contributed by atoms with Gasteiger partial charge in [-0.25, -0.2) is 14.3 Å². The molecular weight excluding hydrogens is 244 g/mol. The Bertz CT molecular complexity index is 865. The molecule has 0 aliphatic rings. The predicted octanol–water partition coefficient (Wildman–Crippen LogP) is 0.656. The number of hydrogen-bond donors (Lipinski definition) is 2. The molecule has 0 amide bonds. The monoisotopic (exact) mass is 254 g/mol. The van der Waals surface area contributed by atoms with Gasteiger partial charge in [-0.05, 0) is 24.3 Å². The van der Waals surface area contributed by atoms with Crippen molar-refractivity contribution in [3.05, 3.63) is 63.4 Å². The van der Waals surface area contributed by atoms with Crippen molar-refractivity contribution in [3.63, 3.8) is 0 Å². The molecule has 3 N–H and O–H groups in total. The van der Waals surface area contributed by atoms with Crippen LogP contribution < -0.4 is 17.0 Å². The van der Waals surface area contributed by atoms with Crippen molar-refractivity contribution in [1.82, 2.24) is 14.5 Å². The second kappa shape index (κ2) is 4.09. The van der Waals surface area contributed by atoms with Crippen LogP contribution in [0.2, 0.25) is 0 Å². The minimum absolute atomic E-state index is 0.263. The van der Waals surface area contributed by atoms with E-state index in [-0.39, 0.29) is 11.2 Å². The zero-order valence-corrected chi connectivity index (χ0v) is 9.83.